The lowest BCUT2D eigenvalue weighted by molar-refractivity contribution is -0.124. The third kappa shape index (κ3) is 2.96. The van der Waals surface area contributed by atoms with Gasteiger partial charge in [-0.05, 0) is 18.6 Å². The fourth-order valence-corrected chi connectivity index (χ4v) is 1.99. The van der Waals surface area contributed by atoms with E-state index >= 15 is 0 Å². The molecule has 0 aromatic carbocycles. The molecule has 0 bridgehead atoms. The number of carbonyl (C=O) groups excluding carboxylic acids is 1. The Bertz CT molecular complexity index is 378. The molecule has 92 valence electrons. The third-order valence-electron chi connectivity index (χ3n) is 3.03. The predicted molar refractivity (Wildman–Crippen MR) is 67.8 cm³/mol. The van der Waals surface area contributed by atoms with E-state index in [9.17, 15) is 4.79 Å². The molecule has 1 amide bonds. The van der Waals surface area contributed by atoms with E-state index in [0.29, 0.717) is 0 Å². The highest BCUT2D eigenvalue weighted by Gasteiger charge is 2.25. The number of hydrogen-bond acceptors (Lipinski definition) is 3. The molecular weight excluding hydrogens is 214 g/mol. The van der Waals surface area contributed by atoms with Gasteiger partial charge in [-0.1, -0.05) is 19.9 Å². The number of hydrogen-bond donors (Lipinski definition) is 1. The monoisotopic (exact) mass is 233 g/mol. The fourth-order valence-electron chi connectivity index (χ4n) is 1.99. The van der Waals surface area contributed by atoms with Gasteiger partial charge in [-0.25, -0.2) is 4.98 Å². The summed E-state index contributed by atoms with van der Waals surface area (Å²) in [5.41, 5.74) is 0. The molecule has 1 fully saturated rings. The standard InChI is InChI=1S/C13H19N3O/c1-10(2)13(17)15-11-6-8-16(9-11)12-5-3-4-7-14-12/h3-5,7,10-11H,6,8-9H2,1-2H3,(H,15,17). The maximum Gasteiger partial charge on any atom is 0.222 e. The topological polar surface area (TPSA) is 45.2 Å². The summed E-state index contributed by atoms with van der Waals surface area (Å²) in [5, 5.41) is 3.07. The second-order valence-electron chi connectivity index (χ2n) is 4.78. The number of carbonyl (C=O) groups is 1. The molecule has 0 saturated carbocycles. The molecule has 0 aliphatic carbocycles. The molecule has 1 aliphatic rings. The van der Waals surface area contributed by atoms with Crippen LogP contribution in [0.3, 0.4) is 0 Å². The van der Waals surface area contributed by atoms with Crippen LogP contribution in [-0.4, -0.2) is 30.0 Å². The molecule has 1 aromatic rings. The maximum absolute atomic E-state index is 11.6. The van der Waals surface area contributed by atoms with Crippen molar-refractivity contribution in [3.8, 4) is 0 Å². The maximum atomic E-state index is 11.6. The first-order valence-electron chi connectivity index (χ1n) is 6.13. The summed E-state index contributed by atoms with van der Waals surface area (Å²) in [6.45, 7) is 5.65. The summed E-state index contributed by atoms with van der Waals surface area (Å²) in [4.78, 5) is 18.1. The molecule has 0 radical (unpaired) electrons. The zero-order chi connectivity index (χ0) is 12.3. The minimum absolute atomic E-state index is 0.0545. The van der Waals surface area contributed by atoms with E-state index < -0.39 is 0 Å². The van der Waals surface area contributed by atoms with Gasteiger partial charge in [0.05, 0.1) is 0 Å². The number of pyridine rings is 1. The highest BCUT2D eigenvalue weighted by molar-refractivity contribution is 5.78. The van der Waals surface area contributed by atoms with Crippen molar-refractivity contribution in [2.24, 2.45) is 5.92 Å². The van der Waals surface area contributed by atoms with E-state index in [1.807, 2.05) is 32.0 Å². The van der Waals surface area contributed by atoms with Crippen molar-refractivity contribution in [2.45, 2.75) is 26.3 Å². The molecule has 4 nitrogen and oxygen atoms in total. The van der Waals surface area contributed by atoms with Crippen molar-refractivity contribution in [3.05, 3.63) is 24.4 Å². The summed E-state index contributed by atoms with van der Waals surface area (Å²) in [6.07, 6.45) is 2.80. The van der Waals surface area contributed by atoms with Crippen molar-refractivity contribution in [1.29, 1.82) is 0 Å². The van der Waals surface area contributed by atoms with Crippen LogP contribution < -0.4 is 10.2 Å². The average Bonchev–Trinajstić information content (AvgIpc) is 2.78. The molecule has 4 heteroatoms. The Morgan fingerprint density at radius 3 is 3.00 bits per heavy atom. The van der Waals surface area contributed by atoms with Crippen LogP contribution in [0.15, 0.2) is 24.4 Å². The van der Waals surface area contributed by atoms with Crippen molar-refractivity contribution in [2.75, 3.05) is 18.0 Å². The van der Waals surface area contributed by atoms with Crippen molar-refractivity contribution < 1.29 is 4.79 Å². The fraction of sp³-hybridized carbons (Fsp3) is 0.538. The Hall–Kier alpha value is -1.58. The molecule has 1 N–H and O–H groups in total. The molecule has 0 spiro atoms. The lowest BCUT2D eigenvalue weighted by Crippen LogP contribution is -2.39. The third-order valence-corrected chi connectivity index (χ3v) is 3.03. The van der Waals surface area contributed by atoms with Gasteiger partial charge in [0.1, 0.15) is 5.82 Å². The van der Waals surface area contributed by atoms with Gasteiger partial charge in [-0.2, -0.15) is 0 Å². The Labute approximate surface area is 102 Å². The van der Waals surface area contributed by atoms with E-state index in [1.165, 1.54) is 0 Å². The molecule has 1 unspecified atom stereocenters. The van der Waals surface area contributed by atoms with Gasteiger partial charge in [0.15, 0.2) is 0 Å². The highest BCUT2D eigenvalue weighted by Crippen LogP contribution is 2.17. The van der Waals surface area contributed by atoms with E-state index in [1.54, 1.807) is 6.20 Å². The largest absolute Gasteiger partial charge is 0.354 e. The minimum Gasteiger partial charge on any atom is -0.354 e. The molecule has 2 heterocycles. The second-order valence-corrected chi connectivity index (χ2v) is 4.78. The predicted octanol–water partition coefficient (Wildman–Crippen LogP) is 1.43. The van der Waals surface area contributed by atoms with E-state index in [4.69, 9.17) is 0 Å². The van der Waals surface area contributed by atoms with Gasteiger partial charge in [0, 0.05) is 31.2 Å². The van der Waals surface area contributed by atoms with Crippen LogP contribution in [0.1, 0.15) is 20.3 Å². The van der Waals surface area contributed by atoms with Crippen LogP contribution in [0.4, 0.5) is 5.82 Å². The van der Waals surface area contributed by atoms with Crippen LogP contribution in [-0.2, 0) is 4.79 Å². The van der Waals surface area contributed by atoms with Gasteiger partial charge in [0.25, 0.3) is 0 Å². The average molecular weight is 233 g/mol. The number of amides is 1. The smallest absolute Gasteiger partial charge is 0.222 e. The molecule has 17 heavy (non-hydrogen) atoms. The van der Waals surface area contributed by atoms with Gasteiger partial charge in [-0.3, -0.25) is 4.79 Å². The van der Waals surface area contributed by atoms with Crippen molar-refractivity contribution >= 4 is 11.7 Å². The van der Waals surface area contributed by atoms with E-state index in [-0.39, 0.29) is 17.9 Å². The number of nitrogens with zero attached hydrogens (tertiary/aromatic N) is 2. The van der Waals surface area contributed by atoms with Crippen LogP contribution in [0.5, 0.6) is 0 Å². The second kappa shape index (κ2) is 5.17. The number of aromatic nitrogens is 1. The van der Waals surface area contributed by atoms with E-state index in [2.05, 4.69) is 15.2 Å². The minimum atomic E-state index is 0.0545. The molecule has 2 rings (SSSR count). The quantitative estimate of drug-likeness (QED) is 0.859. The van der Waals surface area contributed by atoms with Gasteiger partial charge < -0.3 is 10.2 Å². The Morgan fingerprint density at radius 2 is 2.35 bits per heavy atom. The number of anilines is 1. The van der Waals surface area contributed by atoms with Gasteiger partial charge in [-0.15, -0.1) is 0 Å². The SMILES string of the molecule is CC(C)C(=O)NC1CCN(c2ccccn2)C1. The van der Waals surface area contributed by atoms with Gasteiger partial charge >= 0.3 is 0 Å². The molecule has 1 atom stereocenters. The van der Waals surface area contributed by atoms with Gasteiger partial charge in [0.2, 0.25) is 5.91 Å². The first-order valence-corrected chi connectivity index (χ1v) is 6.13. The van der Waals surface area contributed by atoms with Crippen LogP contribution in [0.2, 0.25) is 0 Å². The summed E-state index contributed by atoms with van der Waals surface area (Å²) >= 11 is 0. The lowest BCUT2D eigenvalue weighted by atomic mass is 10.2. The Balaban J connectivity index is 1.90. The Morgan fingerprint density at radius 1 is 1.53 bits per heavy atom. The van der Waals surface area contributed by atoms with E-state index in [0.717, 1.165) is 25.3 Å². The molecule has 1 aliphatic heterocycles. The summed E-state index contributed by atoms with van der Waals surface area (Å²) in [6, 6.07) is 6.17. The number of rotatable bonds is 3. The molecular formula is C13H19N3O. The summed E-state index contributed by atoms with van der Waals surface area (Å²) in [5.74, 6) is 1.19. The zero-order valence-electron chi connectivity index (χ0n) is 10.4. The Kier molecular flexibility index (Phi) is 3.61. The molecule has 1 saturated heterocycles. The van der Waals surface area contributed by atoms with Crippen molar-refractivity contribution in [1.82, 2.24) is 10.3 Å². The normalized spacial score (nSPS) is 19.7. The highest BCUT2D eigenvalue weighted by atomic mass is 16.1. The first-order chi connectivity index (χ1) is 8.16. The van der Waals surface area contributed by atoms with Crippen molar-refractivity contribution in [3.63, 3.8) is 0 Å². The zero-order valence-corrected chi connectivity index (χ0v) is 10.4. The first kappa shape index (κ1) is 11.9. The summed E-state index contributed by atoms with van der Waals surface area (Å²) < 4.78 is 0. The van der Waals surface area contributed by atoms with Crippen LogP contribution >= 0.6 is 0 Å². The molecule has 1 aromatic heterocycles. The van der Waals surface area contributed by atoms with Crippen LogP contribution in [0, 0.1) is 5.92 Å². The lowest BCUT2D eigenvalue weighted by Gasteiger charge is -2.18. The summed E-state index contributed by atoms with van der Waals surface area (Å²) in [7, 11) is 0. The van der Waals surface area contributed by atoms with Crippen LogP contribution in [0.25, 0.3) is 0 Å². The number of nitrogens with one attached hydrogen (secondary N) is 1.